The average Bonchev–Trinajstić information content (AvgIpc) is 3.04. The number of nitrogens with zero attached hydrogens (tertiary/aromatic N) is 3. The van der Waals surface area contributed by atoms with Gasteiger partial charge in [0, 0.05) is 43.5 Å². The first-order valence-electron chi connectivity index (χ1n) is 10.4. The fourth-order valence-electron chi connectivity index (χ4n) is 4.16. The molecule has 11 heteroatoms. The van der Waals surface area contributed by atoms with E-state index in [0.717, 1.165) is 12.1 Å². The first-order chi connectivity index (χ1) is 15.7. The lowest BCUT2D eigenvalue weighted by Crippen LogP contribution is -2.43. The van der Waals surface area contributed by atoms with Gasteiger partial charge in [0.25, 0.3) is 0 Å². The van der Waals surface area contributed by atoms with Crippen LogP contribution in [0.25, 0.3) is 0 Å². The molecule has 2 aromatic rings. The van der Waals surface area contributed by atoms with E-state index < -0.39 is 44.5 Å². The van der Waals surface area contributed by atoms with Crippen LogP contribution >= 0.6 is 0 Å². The summed E-state index contributed by atoms with van der Waals surface area (Å²) in [7, 11) is -3.68. The van der Waals surface area contributed by atoms with Crippen molar-refractivity contribution < 1.29 is 31.2 Å². The van der Waals surface area contributed by atoms with Crippen LogP contribution in [0.1, 0.15) is 17.2 Å². The summed E-state index contributed by atoms with van der Waals surface area (Å²) in [5.74, 6) is -3.45. The maximum atomic E-state index is 14.2. The molecule has 2 fully saturated rings. The van der Waals surface area contributed by atoms with Crippen molar-refractivity contribution in [2.75, 3.05) is 43.4 Å². The summed E-state index contributed by atoms with van der Waals surface area (Å²) >= 11 is 0. The molecule has 2 aliphatic heterocycles. The van der Waals surface area contributed by atoms with Gasteiger partial charge in [0.05, 0.1) is 11.0 Å². The zero-order chi connectivity index (χ0) is 23.8. The van der Waals surface area contributed by atoms with Gasteiger partial charge in [0.2, 0.25) is 5.91 Å². The molecule has 0 spiro atoms. The standard InChI is InChI=1S/C22H22F3N3O4S/c23-17-4-2-1-3-16(17)20-7-8-26(11-12-33(20,31)32)21(29)14-27-9-10-28(22(27)30)15-5-6-18(24)19(25)13-15/h1-6,13,20H,7-12,14H2. The van der Waals surface area contributed by atoms with Crippen molar-refractivity contribution in [1.29, 1.82) is 0 Å². The van der Waals surface area contributed by atoms with E-state index in [1.807, 2.05) is 0 Å². The van der Waals surface area contributed by atoms with Crippen LogP contribution in [0.15, 0.2) is 42.5 Å². The van der Waals surface area contributed by atoms with Gasteiger partial charge in [-0.15, -0.1) is 0 Å². The van der Waals surface area contributed by atoms with E-state index in [-0.39, 0.29) is 56.1 Å². The van der Waals surface area contributed by atoms with Crippen LogP contribution in [0, 0.1) is 17.5 Å². The number of halogens is 3. The molecule has 0 radical (unpaired) electrons. The highest BCUT2D eigenvalue weighted by molar-refractivity contribution is 7.91. The van der Waals surface area contributed by atoms with Gasteiger partial charge in [0.1, 0.15) is 12.4 Å². The summed E-state index contributed by atoms with van der Waals surface area (Å²) in [6.45, 7) is 0.172. The number of carbonyl (C=O) groups is 2. The Morgan fingerprint density at radius 2 is 1.70 bits per heavy atom. The average molecular weight is 481 g/mol. The van der Waals surface area contributed by atoms with Crippen molar-refractivity contribution in [3.63, 3.8) is 0 Å². The van der Waals surface area contributed by atoms with Crippen molar-refractivity contribution in [1.82, 2.24) is 9.80 Å². The lowest BCUT2D eigenvalue weighted by atomic mass is 10.1. The number of anilines is 1. The molecule has 3 amide bonds. The molecule has 176 valence electrons. The third kappa shape index (κ3) is 4.68. The molecule has 0 N–H and O–H groups in total. The number of carbonyl (C=O) groups excluding carboxylic acids is 2. The number of sulfone groups is 1. The van der Waals surface area contributed by atoms with E-state index >= 15 is 0 Å². The zero-order valence-electron chi connectivity index (χ0n) is 17.6. The Balaban J connectivity index is 1.42. The van der Waals surface area contributed by atoms with Gasteiger partial charge in [-0.3, -0.25) is 9.69 Å². The van der Waals surface area contributed by atoms with Crippen LogP contribution in [-0.4, -0.2) is 68.6 Å². The van der Waals surface area contributed by atoms with Crippen molar-refractivity contribution in [3.05, 3.63) is 65.5 Å². The Hall–Kier alpha value is -3.08. The molecular weight excluding hydrogens is 459 g/mol. The molecule has 0 aromatic heterocycles. The Bertz CT molecular complexity index is 1190. The molecule has 7 nitrogen and oxygen atoms in total. The third-order valence-corrected chi connectivity index (χ3v) is 8.09. The predicted molar refractivity (Wildman–Crippen MR) is 115 cm³/mol. The summed E-state index contributed by atoms with van der Waals surface area (Å²) in [4.78, 5) is 29.4. The predicted octanol–water partition coefficient (Wildman–Crippen LogP) is 2.73. The van der Waals surface area contributed by atoms with Gasteiger partial charge in [0.15, 0.2) is 21.5 Å². The highest BCUT2D eigenvalue weighted by Crippen LogP contribution is 2.31. The Morgan fingerprint density at radius 3 is 2.42 bits per heavy atom. The van der Waals surface area contributed by atoms with E-state index in [0.29, 0.717) is 0 Å². The van der Waals surface area contributed by atoms with Gasteiger partial charge in [-0.25, -0.2) is 26.4 Å². The van der Waals surface area contributed by atoms with E-state index in [4.69, 9.17) is 0 Å². The van der Waals surface area contributed by atoms with E-state index in [1.54, 1.807) is 6.07 Å². The number of urea groups is 1. The third-order valence-electron chi connectivity index (χ3n) is 5.98. The minimum Gasteiger partial charge on any atom is -0.340 e. The van der Waals surface area contributed by atoms with Gasteiger partial charge in [-0.05, 0) is 24.6 Å². The molecule has 0 aliphatic carbocycles. The second-order valence-corrected chi connectivity index (χ2v) is 10.3. The normalized spacial score (nSPS) is 20.8. The zero-order valence-corrected chi connectivity index (χ0v) is 18.4. The molecular formula is C22H22F3N3O4S. The number of hydrogen-bond acceptors (Lipinski definition) is 4. The van der Waals surface area contributed by atoms with Gasteiger partial charge >= 0.3 is 6.03 Å². The maximum absolute atomic E-state index is 14.2. The number of amides is 3. The Labute approximate surface area is 189 Å². The minimum absolute atomic E-state index is 0.0456. The molecule has 2 aromatic carbocycles. The quantitative estimate of drug-likeness (QED) is 0.673. The van der Waals surface area contributed by atoms with Gasteiger partial charge in [-0.2, -0.15) is 0 Å². The summed E-state index contributed by atoms with van der Waals surface area (Å²) < 4.78 is 66.4. The Kier molecular flexibility index (Phi) is 6.33. The van der Waals surface area contributed by atoms with Crippen LogP contribution in [-0.2, 0) is 14.6 Å². The van der Waals surface area contributed by atoms with Crippen molar-refractivity contribution >= 4 is 27.5 Å². The van der Waals surface area contributed by atoms with E-state index in [2.05, 4.69) is 0 Å². The van der Waals surface area contributed by atoms with Crippen LogP contribution in [0.4, 0.5) is 23.7 Å². The highest BCUT2D eigenvalue weighted by atomic mass is 32.2. The summed E-state index contributed by atoms with van der Waals surface area (Å²) in [5, 5.41) is -1.05. The van der Waals surface area contributed by atoms with Crippen molar-refractivity contribution in [3.8, 4) is 0 Å². The molecule has 4 rings (SSSR count). The maximum Gasteiger partial charge on any atom is 0.325 e. The second-order valence-electron chi connectivity index (χ2n) is 8.00. The van der Waals surface area contributed by atoms with Crippen LogP contribution < -0.4 is 4.90 Å². The number of hydrogen-bond donors (Lipinski definition) is 0. The van der Waals surface area contributed by atoms with Crippen LogP contribution in [0.3, 0.4) is 0 Å². The molecule has 1 atom stereocenters. The lowest BCUT2D eigenvalue weighted by Gasteiger charge is -2.24. The van der Waals surface area contributed by atoms with Crippen molar-refractivity contribution in [2.24, 2.45) is 0 Å². The van der Waals surface area contributed by atoms with Crippen LogP contribution in [0.5, 0.6) is 0 Å². The molecule has 2 saturated heterocycles. The first kappa shape index (κ1) is 23.1. The number of rotatable bonds is 4. The summed E-state index contributed by atoms with van der Waals surface area (Å²) in [6.07, 6.45) is 0.0456. The van der Waals surface area contributed by atoms with E-state index in [9.17, 15) is 31.2 Å². The summed E-state index contributed by atoms with van der Waals surface area (Å²) in [5.41, 5.74) is 0.270. The van der Waals surface area contributed by atoms with Gasteiger partial charge < -0.3 is 9.80 Å². The highest BCUT2D eigenvalue weighted by Gasteiger charge is 2.36. The topological polar surface area (TPSA) is 78.0 Å². The molecule has 1 unspecified atom stereocenters. The monoisotopic (exact) mass is 481 g/mol. The molecule has 33 heavy (non-hydrogen) atoms. The molecule has 0 bridgehead atoms. The summed E-state index contributed by atoms with van der Waals surface area (Å²) in [6, 6.07) is 8.29. The second kappa shape index (κ2) is 9.05. The smallest absolute Gasteiger partial charge is 0.325 e. The number of benzene rings is 2. The minimum atomic E-state index is -3.68. The fourth-order valence-corrected chi connectivity index (χ4v) is 5.97. The fraction of sp³-hybridized carbons (Fsp3) is 0.364. The first-order valence-corrected chi connectivity index (χ1v) is 12.1. The molecule has 0 saturated carbocycles. The van der Waals surface area contributed by atoms with Gasteiger partial charge in [-0.1, -0.05) is 18.2 Å². The largest absolute Gasteiger partial charge is 0.340 e. The lowest BCUT2D eigenvalue weighted by molar-refractivity contribution is -0.131. The van der Waals surface area contributed by atoms with Crippen molar-refractivity contribution in [2.45, 2.75) is 11.7 Å². The van der Waals surface area contributed by atoms with E-state index in [1.165, 1.54) is 39.0 Å². The SMILES string of the molecule is O=C(CN1CCN(c2ccc(F)c(F)c2)C1=O)N1CCC(c2ccccc2F)S(=O)(=O)CC1. The Morgan fingerprint density at radius 1 is 0.939 bits per heavy atom. The van der Waals surface area contributed by atoms with Crippen LogP contribution in [0.2, 0.25) is 0 Å². The molecule has 2 heterocycles. The molecule has 2 aliphatic rings.